The first kappa shape index (κ1) is 18.9. The lowest BCUT2D eigenvalue weighted by Gasteiger charge is -2.29. The second kappa shape index (κ2) is 7.40. The molecular formula is C14H20O9. The highest BCUT2D eigenvalue weighted by Gasteiger charge is 2.58. The van der Waals surface area contributed by atoms with Crippen LogP contribution in [0.15, 0.2) is 0 Å². The maximum Gasteiger partial charge on any atom is 0.305 e. The van der Waals surface area contributed by atoms with Crippen LogP contribution in [0.2, 0.25) is 0 Å². The molecule has 1 heterocycles. The molecule has 1 rings (SSSR count). The molecule has 0 saturated carbocycles. The van der Waals surface area contributed by atoms with E-state index in [4.69, 9.17) is 23.7 Å². The number of carbonyl (C=O) groups excluding carboxylic acids is 4. The zero-order valence-electron chi connectivity index (χ0n) is 13.6. The Kier molecular flexibility index (Phi) is 6.08. The normalized spacial score (nSPS) is 29.5. The minimum absolute atomic E-state index is 0.282. The maximum absolute atomic E-state index is 11.4. The van der Waals surface area contributed by atoms with Crippen molar-refractivity contribution in [1.29, 1.82) is 0 Å². The molecule has 0 N–H and O–H groups in total. The fourth-order valence-electron chi connectivity index (χ4n) is 2.18. The molecule has 0 spiro atoms. The van der Waals surface area contributed by atoms with E-state index in [0.29, 0.717) is 0 Å². The summed E-state index contributed by atoms with van der Waals surface area (Å²) in [5, 5.41) is 0. The highest BCUT2D eigenvalue weighted by atomic mass is 16.8. The smallest absolute Gasteiger partial charge is 0.305 e. The third kappa shape index (κ3) is 5.20. The molecule has 1 fully saturated rings. The van der Waals surface area contributed by atoms with Crippen LogP contribution in [0.5, 0.6) is 0 Å². The van der Waals surface area contributed by atoms with E-state index in [2.05, 4.69) is 0 Å². The summed E-state index contributed by atoms with van der Waals surface area (Å²) in [7, 11) is 0. The SMILES string of the molecule is CC(=O)OC[C@@]1(C)O[C@H](OC(C)=O)[C@H](OC(C)=O)[C@@H]1OC(C)=O. The van der Waals surface area contributed by atoms with E-state index in [9.17, 15) is 19.2 Å². The number of esters is 4. The molecule has 0 bridgehead atoms. The van der Waals surface area contributed by atoms with Crippen LogP contribution >= 0.6 is 0 Å². The van der Waals surface area contributed by atoms with Crippen LogP contribution in [0.25, 0.3) is 0 Å². The van der Waals surface area contributed by atoms with Crippen LogP contribution in [0.1, 0.15) is 34.6 Å². The Labute approximate surface area is 133 Å². The Morgan fingerprint density at radius 1 is 0.870 bits per heavy atom. The highest BCUT2D eigenvalue weighted by molar-refractivity contribution is 5.68. The standard InChI is InChI=1S/C14H20O9/c1-7(15)19-6-14(5)12(21-9(3)17)11(20-8(2)16)13(23-14)22-10(4)18/h11-13H,6H2,1-5H3/t11-,12+,13+,14-/m1/s1. The van der Waals surface area contributed by atoms with E-state index in [1.54, 1.807) is 0 Å². The summed E-state index contributed by atoms with van der Waals surface area (Å²) in [4.78, 5) is 44.9. The molecular weight excluding hydrogens is 312 g/mol. The van der Waals surface area contributed by atoms with E-state index in [1.807, 2.05) is 0 Å². The average molecular weight is 332 g/mol. The van der Waals surface area contributed by atoms with Gasteiger partial charge in [0.2, 0.25) is 12.4 Å². The van der Waals surface area contributed by atoms with Gasteiger partial charge in [0.25, 0.3) is 0 Å². The minimum atomic E-state index is -1.35. The highest BCUT2D eigenvalue weighted by Crippen LogP contribution is 2.36. The first-order valence-corrected chi connectivity index (χ1v) is 6.88. The minimum Gasteiger partial charge on any atom is -0.463 e. The van der Waals surface area contributed by atoms with Gasteiger partial charge in [-0.1, -0.05) is 0 Å². The summed E-state index contributed by atoms with van der Waals surface area (Å²) in [5.41, 5.74) is -1.35. The largest absolute Gasteiger partial charge is 0.463 e. The summed E-state index contributed by atoms with van der Waals surface area (Å²) in [6.45, 7) is 5.87. The molecule has 0 aliphatic carbocycles. The summed E-state index contributed by atoms with van der Waals surface area (Å²) in [5.74, 6) is -2.58. The summed E-state index contributed by atoms with van der Waals surface area (Å²) >= 11 is 0. The van der Waals surface area contributed by atoms with Gasteiger partial charge in [-0.2, -0.15) is 0 Å². The van der Waals surface area contributed by atoms with Crippen molar-refractivity contribution < 1.29 is 42.9 Å². The Balaban J connectivity index is 3.11. The molecule has 0 aromatic carbocycles. The van der Waals surface area contributed by atoms with Crippen LogP contribution in [0.4, 0.5) is 0 Å². The van der Waals surface area contributed by atoms with Gasteiger partial charge in [0.15, 0.2) is 6.10 Å². The molecule has 23 heavy (non-hydrogen) atoms. The van der Waals surface area contributed by atoms with Gasteiger partial charge in [-0.3, -0.25) is 19.2 Å². The predicted octanol–water partition coefficient (Wildman–Crippen LogP) is 0.0910. The van der Waals surface area contributed by atoms with Gasteiger partial charge < -0.3 is 23.7 Å². The molecule has 130 valence electrons. The van der Waals surface area contributed by atoms with Crippen LogP contribution in [-0.2, 0) is 42.9 Å². The van der Waals surface area contributed by atoms with Crippen molar-refractivity contribution in [3.63, 3.8) is 0 Å². The van der Waals surface area contributed by atoms with Crippen molar-refractivity contribution >= 4 is 23.9 Å². The van der Waals surface area contributed by atoms with Gasteiger partial charge in [-0.25, -0.2) is 0 Å². The lowest BCUT2D eigenvalue weighted by atomic mass is 9.98. The van der Waals surface area contributed by atoms with E-state index < -0.39 is 48.0 Å². The molecule has 1 saturated heterocycles. The van der Waals surface area contributed by atoms with E-state index in [-0.39, 0.29) is 6.61 Å². The number of hydrogen-bond donors (Lipinski definition) is 0. The molecule has 0 unspecified atom stereocenters. The van der Waals surface area contributed by atoms with Gasteiger partial charge in [-0.15, -0.1) is 0 Å². The van der Waals surface area contributed by atoms with Crippen LogP contribution in [0, 0.1) is 0 Å². The Morgan fingerprint density at radius 2 is 1.39 bits per heavy atom. The molecule has 0 aromatic heterocycles. The third-order valence-corrected chi connectivity index (χ3v) is 2.99. The Hall–Kier alpha value is -2.16. The Bertz CT molecular complexity index is 500. The third-order valence-electron chi connectivity index (χ3n) is 2.99. The van der Waals surface area contributed by atoms with Crippen LogP contribution in [-0.4, -0.2) is 54.6 Å². The lowest BCUT2D eigenvalue weighted by Crippen LogP contribution is -2.48. The molecule has 9 heteroatoms. The molecule has 4 atom stereocenters. The maximum atomic E-state index is 11.4. The molecule has 1 aliphatic rings. The predicted molar refractivity (Wildman–Crippen MR) is 72.8 cm³/mol. The first-order chi connectivity index (χ1) is 10.5. The van der Waals surface area contributed by atoms with Crippen LogP contribution in [0.3, 0.4) is 0 Å². The van der Waals surface area contributed by atoms with Crippen molar-refractivity contribution in [2.24, 2.45) is 0 Å². The molecule has 9 nitrogen and oxygen atoms in total. The summed E-state index contributed by atoms with van der Waals surface area (Å²) in [6.07, 6.45) is -3.59. The average Bonchev–Trinajstić information content (AvgIpc) is 2.60. The van der Waals surface area contributed by atoms with Crippen molar-refractivity contribution in [2.45, 2.75) is 58.7 Å². The first-order valence-electron chi connectivity index (χ1n) is 6.88. The van der Waals surface area contributed by atoms with Crippen molar-refractivity contribution in [2.75, 3.05) is 6.61 Å². The number of hydrogen-bond acceptors (Lipinski definition) is 9. The van der Waals surface area contributed by atoms with Crippen LogP contribution < -0.4 is 0 Å². The van der Waals surface area contributed by atoms with Gasteiger partial charge in [0.1, 0.15) is 12.2 Å². The topological polar surface area (TPSA) is 114 Å². The number of ether oxygens (including phenoxy) is 5. The quantitative estimate of drug-likeness (QED) is 0.510. The molecule has 0 aromatic rings. The second-order valence-corrected chi connectivity index (χ2v) is 5.29. The zero-order valence-corrected chi connectivity index (χ0v) is 13.6. The summed E-state index contributed by atoms with van der Waals surface area (Å²) in [6, 6.07) is 0. The van der Waals surface area contributed by atoms with Gasteiger partial charge >= 0.3 is 23.9 Å². The Morgan fingerprint density at radius 3 is 1.83 bits per heavy atom. The van der Waals surface area contributed by atoms with E-state index in [0.717, 1.165) is 20.8 Å². The summed E-state index contributed by atoms with van der Waals surface area (Å²) < 4.78 is 25.7. The monoisotopic (exact) mass is 332 g/mol. The molecule has 0 radical (unpaired) electrons. The van der Waals surface area contributed by atoms with E-state index >= 15 is 0 Å². The van der Waals surface area contributed by atoms with Crippen molar-refractivity contribution in [3.8, 4) is 0 Å². The molecule has 1 aliphatic heterocycles. The fourth-order valence-corrected chi connectivity index (χ4v) is 2.18. The zero-order chi connectivity index (χ0) is 17.8. The second-order valence-electron chi connectivity index (χ2n) is 5.29. The number of carbonyl (C=O) groups is 4. The van der Waals surface area contributed by atoms with E-state index in [1.165, 1.54) is 13.8 Å². The van der Waals surface area contributed by atoms with Gasteiger partial charge in [0.05, 0.1) is 0 Å². The number of rotatable bonds is 5. The van der Waals surface area contributed by atoms with Gasteiger partial charge in [0, 0.05) is 27.7 Å². The van der Waals surface area contributed by atoms with Crippen molar-refractivity contribution in [3.05, 3.63) is 0 Å². The fraction of sp³-hybridized carbons (Fsp3) is 0.714. The van der Waals surface area contributed by atoms with Gasteiger partial charge in [-0.05, 0) is 6.92 Å². The van der Waals surface area contributed by atoms with Crippen molar-refractivity contribution in [1.82, 2.24) is 0 Å². The lowest BCUT2D eigenvalue weighted by molar-refractivity contribution is -0.208. The molecule has 0 amide bonds.